The van der Waals surface area contributed by atoms with Crippen molar-refractivity contribution in [2.75, 3.05) is 54.1 Å². The molecule has 0 aliphatic carbocycles. The van der Waals surface area contributed by atoms with Gasteiger partial charge in [0.25, 0.3) is 0 Å². The molecule has 19 heavy (non-hydrogen) atoms. The Morgan fingerprint density at radius 2 is 1.42 bits per heavy atom. The monoisotopic (exact) mass is 294 g/mol. The second kappa shape index (κ2) is 9.85. The first-order valence-electron chi connectivity index (χ1n) is 7.19. The maximum Gasteiger partial charge on any atom is 0.505 e. The molecule has 0 rings (SSSR count). The summed E-state index contributed by atoms with van der Waals surface area (Å²) in [6.45, 7) is 8.99. The highest BCUT2D eigenvalue weighted by molar-refractivity contribution is 6.60. The first kappa shape index (κ1) is 19.0. The Labute approximate surface area is 119 Å². The first-order valence-corrected chi connectivity index (χ1v) is 9.12. The minimum Gasteiger partial charge on any atom is -0.396 e. The number of quaternary nitrogens is 1. The van der Waals surface area contributed by atoms with Crippen LogP contribution in [0.5, 0.6) is 0 Å². The molecule has 0 radical (unpaired) electrons. The summed E-state index contributed by atoms with van der Waals surface area (Å²) in [7, 11) is 2.52. The van der Waals surface area contributed by atoms with E-state index in [-0.39, 0.29) is 6.61 Å². The summed E-state index contributed by atoms with van der Waals surface area (Å²) in [5.41, 5.74) is 0. The van der Waals surface area contributed by atoms with E-state index in [2.05, 4.69) is 13.8 Å². The van der Waals surface area contributed by atoms with Crippen LogP contribution < -0.4 is 0 Å². The summed E-state index contributed by atoms with van der Waals surface area (Å²) in [5.74, 6) is 0. The SMILES string of the molecule is CC[N+](CC)(CCCCO)CC[Si](OC)(OC)OC. The van der Waals surface area contributed by atoms with Crippen molar-refractivity contribution in [3.05, 3.63) is 0 Å². The minimum atomic E-state index is -2.47. The number of hydrogen-bond acceptors (Lipinski definition) is 4. The lowest BCUT2D eigenvalue weighted by atomic mass is 10.2. The van der Waals surface area contributed by atoms with Crippen LogP contribution >= 0.6 is 0 Å². The van der Waals surface area contributed by atoms with E-state index in [9.17, 15) is 0 Å². The average molecular weight is 294 g/mol. The van der Waals surface area contributed by atoms with Crippen LogP contribution in [0.4, 0.5) is 0 Å². The molecule has 0 spiro atoms. The number of rotatable bonds is 12. The Morgan fingerprint density at radius 3 is 1.79 bits per heavy atom. The molecule has 5 nitrogen and oxygen atoms in total. The summed E-state index contributed by atoms with van der Waals surface area (Å²) < 4.78 is 17.5. The highest BCUT2D eigenvalue weighted by atomic mass is 28.4. The molecular weight excluding hydrogens is 262 g/mol. The Morgan fingerprint density at radius 1 is 0.895 bits per heavy atom. The van der Waals surface area contributed by atoms with E-state index in [1.165, 1.54) is 0 Å². The second-order valence-corrected chi connectivity index (χ2v) is 7.99. The zero-order chi connectivity index (χ0) is 14.8. The Hall–Kier alpha value is 0.0169. The highest BCUT2D eigenvalue weighted by Crippen LogP contribution is 2.18. The Kier molecular flexibility index (Phi) is 9.86. The molecule has 0 amide bonds. The molecule has 0 aromatic heterocycles. The number of aliphatic hydroxyl groups is 1. The zero-order valence-corrected chi connectivity index (χ0v) is 14.3. The number of aliphatic hydroxyl groups excluding tert-OH is 1. The summed E-state index contributed by atoms with van der Waals surface area (Å²) in [4.78, 5) is 0. The van der Waals surface area contributed by atoms with Crippen LogP contribution in [-0.4, -0.2) is 72.5 Å². The van der Waals surface area contributed by atoms with Gasteiger partial charge in [0.2, 0.25) is 0 Å². The van der Waals surface area contributed by atoms with E-state index in [0.29, 0.717) is 0 Å². The van der Waals surface area contributed by atoms with Crippen molar-refractivity contribution in [3.63, 3.8) is 0 Å². The second-order valence-electron chi connectivity index (χ2n) is 4.90. The van der Waals surface area contributed by atoms with E-state index in [1.54, 1.807) is 21.3 Å². The lowest BCUT2D eigenvalue weighted by Gasteiger charge is -2.38. The molecule has 1 N–H and O–H groups in total. The number of hydrogen-bond donors (Lipinski definition) is 1. The quantitative estimate of drug-likeness (QED) is 0.337. The minimum absolute atomic E-state index is 0.278. The van der Waals surface area contributed by atoms with Gasteiger partial charge in [0.05, 0.1) is 32.2 Å². The first-order chi connectivity index (χ1) is 9.07. The average Bonchev–Trinajstić information content (AvgIpc) is 2.47. The van der Waals surface area contributed by atoms with Gasteiger partial charge < -0.3 is 22.9 Å². The van der Waals surface area contributed by atoms with E-state index >= 15 is 0 Å². The third kappa shape index (κ3) is 5.89. The van der Waals surface area contributed by atoms with Gasteiger partial charge in [-0.05, 0) is 26.7 Å². The van der Waals surface area contributed by atoms with Gasteiger partial charge in [0.1, 0.15) is 0 Å². The summed E-state index contributed by atoms with van der Waals surface area (Å²) in [6.07, 6.45) is 1.93. The van der Waals surface area contributed by atoms with E-state index in [1.807, 2.05) is 0 Å². The van der Waals surface area contributed by atoms with Crippen LogP contribution in [0.1, 0.15) is 26.7 Å². The van der Waals surface area contributed by atoms with Gasteiger partial charge in [0.15, 0.2) is 0 Å². The normalized spacial score (nSPS) is 12.9. The van der Waals surface area contributed by atoms with Crippen LogP contribution in [0.25, 0.3) is 0 Å². The molecule has 6 heteroatoms. The summed E-state index contributed by atoms with van der Waals surface area (Å²) >= 11 is 0. The topological polar surface area (TPSA) is 47.9 Å². The molecule has 0 fully saturated rings. The standard InChI is InChI=1S/C13H32NO4Si/c1-6-14(7-2,10-8-9-12-15)11-13-19(16-3,17-4)18-5/h15H,6-13H2,1-5H3/q+1. The van der Waals surface area contributed by atoms with Crippen LogP contribution in [0, 0.1) is 0 Å². The van der Waals surface area contributed by atoms with E-state index in [0.717, 1.165) is 49.5 Å². The van der Waals surface area contributed by atoms with Gasteiger partial charge in [0, 0.05) is 27.9 Å². The molecule has 0 aliphatic heterocycles. The van der Waals surface area contributed by atoms with E-state index in [4.69, 9.17) is 18.4 Å². The molecule has 0 saturated heterocycles. The van der Waals surface area contributed by atoms with Crippen molar-refractivity contribution in [3.8, 4) is 0 Å². The van der Waals surface area contributed by atoms with Crippen molar-refractivity contribution in [1.29, 1.82) is 0 Å². The van der Waals surface area contributed by atoms with Gasteiger partial charge in [-0.25, -0.2) is 0 Å². The predicted molar refractivity (Wildman–Crippen MR) is 79.0 cm³/mol. The van der Waals surface area contributed by atoms with Crippen LogP contribution in [0.3, 0.4) is 0 Å². The third-order valence-corrected chi connectivity index (χ3v) is 6.91. The highest BCUT2D eigenvalue weighted by Gasteiger charge is 2.40. The largest absolute Gasteiger partial charge is 0.505 e. The van der Waals surface area contributed by atoms with Gasteiger partial charge >= 0.3 is 8.80 Å². The molecule has 0 bridgehead atoms. The molecule has 0 unspecified atom stereocenters. The molecule has 0 aliphatic rings. The molecule has 0 heterocycles. The fraction of sp³-hybridized carbons (Fsp3) is 1.00. The molecule has 0 atom stereocenters. The fourth-order valence-corrected chi connectivity index (χ4v) is 4.32. The molecule has 116 valence electrons. The van der Waals surface area contributed by atoms with Gasteiger partial charge in [-0.3, -0.25) is 0 Å². The van der Waals surface area contributed by atoms with Crippen LogP contribution in [-0.2, 0) is 13.3 Å². The number of unbranched alkanes of at least 4 members (excludes halogenated alkanes) is 1. The summed E-state index contributed by atoms with van der Waals surface area (Å²) in [5, 5.41) is 8.92. The van der Waals surface area contributed by atoms with Crippen molar-refractivity contribution in [1.82, 2.24) is 0 Å². The summed E-state index contributed by atoms with van der Waals surface area (Å²) in [6, 6.07) is 0.831. The number of nitrogens with zero attached hydrogens (tertiary/aromatic N) is 1. The maximum atomic E-state index is 8.92. The zero-order valence-electron chi connectivity index (χ0n) is 13.3. The lowest BCUT2D eigenvalue weighted by Crippen LogP contribution is -2.53. The maximum absolute atomic E-state index is 8.92. The van der Waals surface area contributed by atoms with Crippen molar-refractivity contribution in [2.45, 2.75) is 32.7 Å². The van der Waals surface area contributed by atoms with Gasteiger partial charge in [-0.1, -0.05) is 0 Å². The van der Waals surface area contributed by atoms with Gasteiger partial charge in [-0.15, -0.1) is 0 Å². The van der Waals surface area contributed by atoms with Crippen molar-refractivity contribution < 1.29 is 22.9 Å². The Balaban J connectivity index is 4.55. The van der Waals surface area contributed by atoms with Gasteiger partial charge in [-0.2, -0.15) is 0 Å². The predicted octanol–water partition coefficient (Wildman–Crippen LogP) is 1.49. The van der Waals surface area contributed by atoms with Crippen LogP contribution in [0.2, 0.25) is 6.04 Å². The van der Waals surface area contributed by atoms with E-state index < -0.39 is 8.80 Å². The third-order valence-electron chi connectivity index (χ3n) is 4.21. The van der Waals surface area contributed by atoms with Crippen molar-refractivity contribution in [2.24, 2.45) is 0 Å². The Bertz CT molecular complexity index is 212. The van der Waals surface area contributed by atoms with Crippen molar-refractivity contribution >= 4 is 8.80 Å². The fourth-order valence-electron chi connectivity index (χ4n) is 2.46. The molecule has 0 saturated carbocycles. The lowest BCUT2D eigenvalue weighted by molar-refractivity contribution is -0.923. The van der Waals surface area contributed by atoms with Crippen LogP contribution in [0.15, 0.2) is 0 Å². The molecular formula is C13H32NO4Si+. The molecule has 0 aromatic rings. The smallest absolute Gasteiger partial charge is 0.396 e. The molecule has 0 aromatic carbocycles.